The van der Waals surface area contributed by atoms with Crippen molar-refractivity contribution >= 4 is 28.0 Å². The van der Waals surface area contributed by atoms with Crippen LogP contribution in [0.1, 0.15) is 12.8 Å². The lowest BCUT2D eigenvalue weighted by Gasteiger charge is -1.94. The van der Waals surface area contributed by atoms with Gasteiger partial charge in [0.25, 0.3) is 0 Å². The van der Waals surface area contributed by atoms with Crippen LogP contribution in [0.4, 0.5) is 0 Å². The zero-order valence-electron chi connectivity index (χ0n) is 5.42. The van der Waals surface area contributed by atoms with Gasteiger partial charge in [0.2, 0.25) is 0 Å². The zero-order chi connectivity index (χ0) is 7.28. The molecule has 1 atom stereocenters. The Kier molecular flexibility index (Phi) is 4.90. The van der Waals surface area contributed by atoms with Crippen LogP contribution >= 0.6 is 12.2 Å². The molecule has 0 aromatic rings. The quantitative estimate of drug-likeness (QED) is 0.614. The van der Waals surface area contributed by atoms with Gasteiger partial charge in [-0.25, -0.2) is 0 Å². The minimum absolute atomic E-state index is 0.514. The van der Waals surface area contributed by atoms with E-state index in [9.17, 15) is 4.21 Å². The van der Waals surface area contributed by atoms with E-state index in [1.165, 1.54) is 0 Å². The second-order valence-corrected chi connectivity index (χ2v) is 3.93. The van der Waals surface area contributed by atoms with Crippen molar-refractivity contribution in [2.45, 2.75) is 12.8 Å². The first-order chi connectivity index (χ1) is 4.13. The lowest BCUT2D eigenvalue weighted by molar-refractivity contribution is 0.685. The summed E-state index contributed by atoms with van der Waals surface area (Å²) in [6.07, 6.45) is 3.24. The molecule has 0 spiro atoms. The molecule has 0 aliphatic carbocycles. The van der Waals surface area contributed by atoms with E-state index in [0.717, 1.165) is 12.8 Å². The standard InChI is InChI=1S/C5H11NOS2/c1-9(7)4-2-3-5(6)8/h2-4H2,1H3,(H2,6,8). The second-order valence-electron chi connectivity index (χ2n) is 1.85. The maximum atomic E-state index is 10.5. The fourth-order valence-corrected chi connectivity index (χ4v) is 1.14. The summed E-state index contributed by atoms with van der Waals surface area (Å²) in [4.78, 5) is 0.514. The predicted octanol–water partition coefficient (Wildman–Crippen LogP) is 0.431. The molecule has 0 aromatic heterocycles. The van der Waals surface area contributed by atoms with E-state index in [-0.39, 0.29) is 0 Å². The van der Waals surface area contributed by atoms with Gasteiger partial charge in [0.1, 0.15) is 0 Å². The fraction of sp³-hybridized carbons (Fsp3) is 0.800. The van der Waals surface area contributed by atoms with E-state index in [2.05, 4.69) is 12.2 Å². The lowest BCUT2D eigenvalue weighted by Crippen LogP contribution is -2.08. The third kappa shape index (κ3) is 8.04. The van der Waals surface area contributed by atoms with Crippen molar-refractivity contribution in [3.63, 3.8) is 0 Å². The van der Waals surface area contributed by atoms with Crippen molar-refractivity contribution < 1.29 is 4.21 Å². The lowest BCUT2D eigenvalue weighted by atomic mass is 10.3. The van der Waals surface area contributed by atoms with Gasteiger partial charge in [-0.05, 0) is 12.8 Å². The first kappa shape index (κ1) is 9.04. The van der Waals surface area contributed by atoms with E-state index in [1.54, 1.807) is 6.26 Å². The highest BCUT2D eigenvalue weighted by molar-refractivity contribution is 7.84. The monoisotopic (exact) mass is 165 g/mol. The second kappa shape index (κ2) is 4.88. The van der Waals surface area contributed by atoms with Crippen LogP contribution in [0.2, 0.25) is 0 Å². The summed E-state index contributed by atoms with van der Waals surface area (Å²) in [5.74, 6) is 0.706. The first-order valence-electron chi connectivity index (χ1n) is 2.71. The van der Waals surface area contributed by atoms with Crippen LogP contribution < -0.4 is 5.73 Å². The van der Waals surface area contributed by atoms with E-state index in [1.807, 2.05) is 0 Å². The molecular weight excluding hydrogens is 154 g/mol. The van der Waals surface area contributed by atoms with Crippen molar-refractivity contribution in [3.05, 3.63) is 0 Å². The maximum absolute atomic E-state index is 10.5. The van der Waals surface area contributed by atoms with Crippen LogP contribution in [0.15, 0.2) is 0 Å². The first-order valence-corrected chi connectivity index (χ1v) is 4.85. The molecule has 0 rings (SSSR count). The van der Waals surface area contributed by atoms with E-state index in [4.69, 9.17) is 5.73 Å². The van der Waals surface area contributed by atoms with Gasteiger partial charge >= 0.3 is 0 Å². The number of hydrogen-bond donors (Lipinski definition) is 1. The van der Waals surface area contributed by atoms with Gasteiger partial charge in [-0.2, -0.15) is 0 Å². The van der Waals surface area contributed by atoms with Crippen molar-refractivity contribution in [2.75, 3.05) is 12.0 Å². The summed E-state index contributed by atoms with van der Waals surface area (Å²) in [5.41, 5.74) is 5.21. The molecule has 4 heteroatoms. The van der Waals surface area contributed by atoms with Crippen LogP contribution in [0.25, 0.3) is 0 Å². The number of rotatable bonds is 4. The summed E-state index contributed by atoms with van der Waals surface area (Å²) in [7, 11) is -0.697. The zero-order valence-corrected chi connectivity index (χ0v) is 7.06. The molecule has 0 bridgehead atoms. The third-order valence-electron chi connectivity index (χ3n) is 0.855. The fourth-order valence-electron chi connectivity index (χ4n) is 0.450. The smallest absolute Gasteiger partial charge is 0.0727 e. The maximum Gasteiger partial charge on any atom is 0.0727 e. The summed E-state index contributed by atoms with van der Waals surface area (Å²) >= 11 is 4.63. The van der Waals surface area contributed by atoms with Crippen LogP contribution in [0.5, 0.6) is 0 Å². The Hall–Kier alpha value is 0.0400. The molecule has 9 heavy (non-hydrogen) atoms. The summed E-state index contributed by atoms with van der Waals surface area (Å²) in [6.45, 7) is 0. The molecule has 0 heterocycles. The molecule has 0 aliphatic rings. The van der Waals surface area contributed by atoms with E-state index >= 15 is 0 Å². The van der Waals surface area contributed by atoms with Gasteiger partial charge < -0.3 is 5.73 Å². The van der Waals surface area contributed by atoms with Gasteiger partial charge in [-0.3, -0.25) is 4.21 Å². The van der Waals surface area contributed by atoms with Crippen LogP contribution in [0.3, 0.4) is 0 Å². The van der Waals surface area contributed by atoms with Crippen molar-refractivity contribution in [2.24, 2.45) is 5.73 Å². The molecule has 0 aromatic carbocycles. The molecule has 0 amide bonds. The normalized spacial score (nSPS) is 13.0. The third-order valence-corrected chi connectivity index (χ3v) is 1.92. The Morgan fingerprint density at radius 3 is 2.67 bits per heavy atom. The molecule has 54 valence electrons. The molecule has 0 saturated carbocycles. The minimum atomic E-state index is -0.697. The molecule has 2 nitrogen and oxygen atoms in total. The minimum Gasteiger partial charge on any atom is -0.393 e. The van der Waals surface area contributed by atoms with Gasteiger partial charge in [-0.15, -0.1) is 0 Å². The number of nitrogens with two attached hydrogens (primary N) is 1. The van der Waals surface area contributed by atoms with Crippen LogP contribution in [0, 0.1) is 0 Å². The topological polar surface area (TPSA) is 43.1 Å². The number of thiocarbonyl (C=S) groups is 1. The SMILES string of the molecule is CS(=O)CCCC(N)=S. The van der Waals surface area contributed by atoms with Gasteiger partial charge in [0.05, 0.1) is 4.99 Å². The van der Waals surface area contributed by atoms with Crippen LogP contribution in [-0.2, 0) is 10.8 Å². The Bertz CT molecular complexity index is 110. The summed E-state index contributed by atoms with van der Waals surface area (Å²) < 4.78 is 10.5. The Labute approximate surface area is 63.3 Å². The predicted molar refractivity (Wildman–Crippen MR) is 45.0 cm³/mol. The average molecular weight is 165 g/mol. The summed E-state index contributed by atoms with van der Waals surface area (Å²) in [6, 6.07) is 0. The van der Waals surface area contributed by atoms with Gasteiger partial charge in [0.15, 0.2) is 0 Å². The Morgan fingerprint density at radius 1 is 1.78 bits per heavy atom. The van der Waals surface area contributed by atoms with Gasteiger partial charge in [0, 0.05) is 22.8 Å². The molecule has 0 aliphatic heterocycles. The Balaban J connectivity index is 3.10. The van der Waals surface area contributed by atoms with E-state index < -0.39 is 10.8 Å². The van der Waals surface area contributed by atoms with E-state index in [0.29, 0.717) is 10.7 Å². The molecular formula is C5H11NOS2. The highest BCUT2D eigenvalue weighted by Crippen LogP contribution is 1.90. The van der Waals surface area contributed by atoms with Crippen molar-refractivity contribution in [1.82, 2.24) is 0 Å². The molecule has 0 fully saturated rings. The number of hydrogen-bond acceptors (Lipinski definition) is 2. The molecule has 1 unspecified atom stereocenters. The molecule has 0 radical (unpaired) electrons. The highest BCUT2D eigenvalue weighted by Gasteiger charge is 1.92. The molecule has 0 saturated heterocycles. The van der Waals surface area contributed by atoms with Crippen molar-refractivity contribution in [1.29, 1.82) is 0 Å². The Morgan fingerprint density at radius 2 is 2.33 bits per heavy atom. The summed E-state index contributed by atoms with van der Waals surface area (Å²) in [5, 5.41) is 0. The molecule has 2 N–H and O–H groups in total. The largest absolute Gasteiger partial charge is 0.393 e. The van der Waals surface area contributed by atoms with Gasteiger partial charge in [-0.1, -0.05) is 12.2 Å². The highest BCUT2D eigenvalue weighted by atomic mass is 32.2. The average Bonchev–Trinajstić information content (AvgIpc) is 1.63. The van der Waals surface area contributed by atoms with Crippen LogP contribution in [-0.4, -0.2) is 21.2 Å². The van der Waals surface area contributed by atoms with Crippen molar-refractivity contribution in [3.8, 4) is 0 Å².